The number of hydrogen-bond acceptors (Lipinski definition) is 3. The lowest BCUT2D eigenvalue weighted by Gasteiger charge is -2.20. The van der Waals surface area contributed by atoms with E-state index in [1.807, 2.05) is 19.2 Å². The Balaban J connectivity index is 3.03. The minimum absolute atomic E-state index is 0.258. The molecule has 0 heterocycles. The minimum atomic E-state index is -3.09. The number of nitrogens with one attached hydrogen (secondary N) is 1. The molecule has 0 saturated carbocycles. The third kappa shape index (κ3) is 3.06. The molecule has 90 valence electrons. The molecule has 0 saturated heterocycles. The van der Waals surface area contributed by atoms with Crippen molar-refractivity contribution in [3.63, 3.8) is 0 Å². The first-order chi connectivity index (χ1) is 7.36. The van der Waals surface area contributed by atoms with Crippen molar-refractivity contribution >= 4 is 9.84 Å². The summed E-state index contributed by atoms with van der Waals surface area (Å²) in [5, 5.41) is 3.23. The molecule has 0 aliphatic heterocycles. The van der Waals surface area contributed by atoms with Gasteiger partial charge >= 0.3 is 0 Å². The van der Waals surface area contributed by atoms with E-state index in [0.29, 0.717) is 10.8 Å². The summed E-state index contributed by atoms with van der Waals surface area (Å²) in [6, 6.07) is 7.33. The van der Waals surface area contributed by atoms with Gasteiger partial charge in [-0.2, -0.15) is 0 Å². The minimum Gasteiger partial charge on any atom is -0.313 e. The molecule has 1 aromatic carbocycles. The van der Waals surface area contributed by atoms with E-state index >= 15 is 0 Å². The van der Waals surface area contributed by atoms with Gasteiger partial charge in [-0.05, 0) is 30.7 Å². The lowest BCUT2D eigenvalue weighted by atomic mass is 9.96. The number of hydrogen-bond donors (Lipinski definition) is 1. The molecule has 0 amide bonds. The first-order valence-corrected chi connectivity index (χ1v) is 7.22. The van der Waals surface area contributed by atoms with Crippen molar-refractivity contribution in [2.45, 2.75) is 24.8 Å². The molecular formula is C12H19NO2S. The largest absolute Gasteiger partial charge is 0.313 e. The predicted octanol–water partition coefficient (Wildman–Crippen LogP) is 2.01. The number of rotatable bonds is 4. The molecule has 0 aliphatic carbocycles. The van der Waals surface area contributed by atoms with Gasteiger partial charge in [0.1, 0.15) is 0 Å². The van der Waals surface area contributed by atoms with Gasteiger partial charge in [0.05, 0.1) is 4.90 Å². The molecule has 1 N–H and O–H groups in total. The van der Waals surface area contributed by atoms with Gasteiger partial charge in [0, 0.05) is 12.3 Å². The fourth-order valence-electron chi connectivity index (χ4n) is 1.81. The van der Waals surface area contributed by atoms with Gasteiger partial charge in [-0.25, -0.2) is 8.42 Å². The summed E-state index contributed by atoms with van der Waals surface area (Å²) >= 11 is 0. The van der Waals surface area contributed by atoms with Crippen LogP contribution < -0.4 is 5.32 Å². The molecular weight excluding hydrogens is 222 g/mol. The summed E-state index contributed by atoms with van der Waals surface area (Å²) in [6.45, 7) is 4.26. The van der Waals surface area contributed by atoms with E-state index in [1.165, 1.54) is 6.26 Å². The van der Waals surface area contributed by atoms with E-state index in [-0.39, 0.29) is 6.04 Å². The van der Waals surface area contributed by atoms with Crippen LogP contribution in [0, 0.1) is 5.92 Å². The van der Waals surface area contributed by atoms with Crippen LogP contribution in [-0.4, -0.2) is 21.7 Å². The highest BCUT2D eigenvalue weighted by atomic mass is 32.2. The third-order valence-electron chi connectivity index (χ3n) is 2.65. The van der Waals surface area contributed by atoms with Crippen LogP contribution in [0.25, 0.3) is 0 Å². The zero-order valence-corrected chi connectivity index (χ0v) is 11.0. The molecule has 1 unspecified atom stereocenters. The van der Waals surface area contributed by atoms with Gasteiger partial charge in [-0.15, -0.1) is 0 Å². The SMILES string of the molecule is CNC(c1ccc(S(C)(=O)=O)cc1)C(C)C. The fraction of sp³-hybridized carbons (Fsp3) is 0.500. The van der Waals surface area contributed by atoms with Gasteiger partial charge in [-0.1, -0.05) is 26.0 Å². The van der Waals surface area contributed by atoms with Crippen LogP contribution >= 0.6 is 0 Å². The molecule has 0 aliphatic rings. The first kappa shape index (κ1) is 13.2. The predicted molar refractivity (Wildman–Crippen MR) is 66.2 cm³/mol. The highest BCUT2D eigenvalue weighted by Crippen LogP contribution is 2.22. The summed E-state index contributed by atoms with van der Waals surface area (Å²) in [5.41, 5.74) is 1.12. The van der Waals surface area contributed by atoms with Crippen molar-refractivity contribution in [3.8, 4) is 0 Å². The molecule has 1 aromatic rings. The van der Waals surface area contributed by atoms with Crippen molar-refractivity contribution < 1.29 is 8.42 Å². The standard InChI is InChI=1S/C12H19NO2S/c1-9(2)12(13-3)10-5-7-11(8-6-10)16(4,14)15/h5-9,12-13H,1-4H3. The van der Waals surface area contributed by atoms with Crippen molar-refractivity contribution in [2.24, 2.45) is 5.92 Å². The van der Waals surface area contributed by atoms with Gasteiger partial charge in [0.15, 0.2) is 9.84 Å². The van der Waals surface area contributed by atoms with E-state index in [4.69, 9.17) is 0 Å². The molecule has 0 bridgehead atoms. The normalized spacial score (nSPS) is 14.1. The smallest absolute Gasteiger partial charge is 0.175 e. The lowest BCUT2D eigenvalue weighted by Crippen LogP contribution is -2.21. The van der Waals surface area contributed by atoms with Crippen molar-refractivity contribution in [3.05, 3.63) is 29.8 Å². The zero-order chi connectivity index (χ0) is 12.3. The average molecular weight is 241 g/mol. The second-order valence-corrected chi connectivity index (χ2v) is 6.37. The molecule has 1 atom stereocenters. The average Bonchev–Trinajstić information content (AvgIpc) is 2.17. The summed E-state index contributed by atoms with van der Waals surface area (Å²) < 4.78 is 22.6. The number of benzene rings is 1. The maximum absolute atomic E-state index is 11.3. The van der Waals surface area contributed by atoms with E-state index in [2.05, 4.69) is 19.2 Å². The molecule has 1 rings (SSSR count). The molecule has 16 heavy (non-hydrogen) atoms. The Morgan fingerprint density at radius 1 is 1.12 bits per heavy atom. The van der Waals surface area contributed by atoms with Gasteiger partial charge in [-0.3, -0.25) is 0 Å². The van der Waals surface area contributed by atoms with Crippen molar-refractivity contribution in [1.29, 1.82) is 0 Å². The second-order valence-electron chi connectivity index (χ2n) is 4.35. The zero-order valence-electron chi connectivity index (χ0n) is 10.2. The van der Waals surface area contributed by atoms with E-state index in [1.54, 1.807) is 12.1 Å². The van der Waals surface area contributed by atoms with Crippen molar-refractivity contribution in [1.82, 2.24) is 5.32 Å². The fourth-order valence-corrected chi connectivity index (χ4v) is 2.44. The van der Waals surface area contributed by atoms with Gasteiger partial charge in [0.2, 0.25) is 0 Å². The highest BCUT2D eigenvalue weighted by Gasteiger charge is 2.14. The molecule has 0 radical (unpaired) electrons. The molecule has 0 fully saturated rings. The van der Waals surface area contributed by atoms with Crippen LogP contribution in [0.4, 0.5) is 0 Å². The Labute approximate surface area is 97.8 Å². The van der Waals surface area contributed by atoms with Crippen LogP contribution in [0.3, 0.4) is 0 Å². The van der Waals surface area contributed by atoms with Crippen LogP contribution in [0.5, 0.6) is 0 Å². The molecule has 0 spiro atoms. The maximum atomic E-state index is 11.3. The van der Waals surface area contributed by atoms with Gasteiger partial charge < -0.3 is 5.32 Å². The molecule has 3 nitrogen and oxygen atoms in total. The van der Waals surface area contributed by atoms with Crippen LogP contribution in [0.15, 0.2) is 29.2 Å². The Hall–Kier alpha value is -0.870. The third-order valence-corrected chi connectivity index (χ3v) is 3.77. The molecule has 4 heteroatoms. The van der Waals surface area contributed by atoms with E-state index < -0.39 is 9.84 Å². The Morgan fingerprint density at radius 3 is 1.94 bits per heavy atom. The summed E-state index contributed by atoms with van der Waals surface area (Å²) in [6.07, 6.45) is 1.22. The summed E-state index contributed by atoms with van der Waals surface area (Å²) in [4.78, 5) is 0.370. The number of sulfone groups is 1. The van der Waals surface area contributed by atoms with Crippen LogP contribution in [-0.2, 0) is 9.84 Å². The first-order valence-electron chi connectivity index (χ1n) is 5.33. The second kappa shape index (κ2) is 4.97. The van der Waals surface area contributed by atoms with Gasteiger partial charge in [0.25, 0.3) is 0 Å². The maximum Gasteiger partial charge on any atom is 0.175 e. The van der Waals surface area contributed by atoms with Crippen molar-refractivity contribution in [2.75, 3.05) is 13.3 Å². The highest BCUT2D eigenvalue weighted by molar-refractivity contribution is 7.90. The Kier molecular flexibility index (Phi) is 4.10. The quantitative estimate of drug-likeness (QED) is 0.877. The topological polar surface area (TPSA) is 46.2 Å². The summed E-state index contributed by atoms with van der Waals surface area (Å²) in [7, 11) is -1.18. The van der Waals surface area contributed by atoms with E-state index in [0.717, 1.165) is 5.56 Å². The Bertz CT molecular complexity index is 435. The van der Waals surface area contributed by atoms with Crippen LogP contribution in [0.2, 0.25) is 0 Å². The van der Waals surface area contributed by atoms with Crippen LogP contribution in [0.1, 0.15) is 25.5 Å². The lowest BCUT2D eigenvalue weighted by molar-refractivity contribution is 0.443. The summed E-state index contributed by atoms with van der Waals surface area (Å²) in [5.74, 6) is 0.467. The Morgan fingerprint density at radius 2 is 1.62 bits per heavy atom. The monoisotopic (exact) mass is 241 g/mol. The molecule has 0 aromatic heterocycles. The van der Waals surface area contributed by atoms with E-state index in [9.17, 15) is 8.42 Å².